The molecule has 0 bridgehead atoms. The second-order valence-electron chi connectivity index (χ2n) is 11.8. The summed E-state index contributed by atoms with van der Waals surface area (Å²) >= 11 is 0. The van der Waals surface area contributed by atoms with Crippen molar-refractivity contribution in [1.82, 2.24) is 4.98 Å². The van der Waals surface area contributed by atoms with Gasteiger partial charge in [0.15, 0.2) is 11.9 Å². The van der Waals surface area contributed by atoms with Gasteiger partial charge in [0.1, 0.15) is 18.5 Å². The first-order valence-electron chi connectivity index (χ1n) is 15.8. The average Bonchev–Trinajstić information content (AvgIpc) is 3.65. The summed E-state index contributed by atoms with van der Waals surface area (Å²) in [4.78, 5) is 30.0. The number of unbranched alkanes of at least 4 members (excludes halogenated alkanes) is 2. The number of carbonyl (C=O) groups excluding carboxylic acids is 2. The molecule has 0 saturated heterocycles. The number of hydrogen-bond acceptors (Lipinski definition) is 8. The van der Waals surface area contributed by atoms with Gasteiger partial charge < -0.3 is 24.1 Å². The highest BCUT2D eigenvalue weighted by atomic mass is 19.1. The first kappa shape index (κ1) is 34.2. The van der Waals surface area contributed by atoms with E-state index in [2.05, 4.69) is 4.98 Å². The van der Waals surface area contributed by atoms with Crippen LogP contribution in [-0.4, -0.2) is 58.5 Å². The number of hydrogen-bond donors (Lipinski definition) is 2. The van der Waals surface area contributed by atoms with Crippen LogP contribution >= 0.6 is 0 Å². The van der Waals surface area contributed by atoms with Crippen LogP contribution in [0.15, 0.2) is 89.8 Å². The number of nitrogens with zero attached hydrogens (tertiary/aromatic N) is 1. The molecular formula is C36H44FNO7. The zero-order valence-electron chi connectivity index (χ0n) is 25.7. The number of ether oxygens (including phenoxy) is 2. The standard InChI is InChI=1S/C36H44FNO7/c1-25(21-26-15-17-38-18-16-26)35(42)36(27-9-4-2-5-10-27)45-34(41)24-43-19-7-3-6-12-30-31(33(40)23-32(30)37)14-13-28(39)22-29-11-8-20-44-29/h2,4-5,8-11,13-18,20,25,28,30-33,36,39-40H,3,6-7,12,19,21-24H2,1H3/b14-13+/t25?,28?,30-,31-,32?,33?,36?/m1/s1. The van der Waals surface area contributed by atoms with Crippen molar-refractivity contribution in [2.75, 3.05) is 13.2 Å². The Morgan fingerprint density at radius 1 is 1.07 bits per heavy atom. The van der Waals surface area contributed by atoms with Crippen molar-refractivity contribution in [3.05, 3.63) is 102 Å². The number of rotatable bonds is 18. The highest BCUT2D eigenvalue weighted by Gasteiger charge is 2.41. The van der Waals surface area contributed by atoms with Gasteiger partial charge >= 0.3 is 5.97 Å². The molecule has 1 fully saturated rings. The fourth-order valence-electron chi connectivity index (χ4n) is 5.92. The van der Waals surface area contributed by atoms with E-state index in [1.54, 1.807) is 67.2 Å². The van der Waals surface area contributed by atoms with E-state index in [1.165, 1.54) is 0 Å². The Balaban J connectivity index is 1.17. The third kappa shape index (κ3) is 10.7. The van der Waals surface area contributed by atoms with E-state index < -0.39 is 30.5 Å². The normalized spacial score (nSPS) is 21.9. The Morgan fingerprint density at radius 3 is 2.58 bits per heavy atom. The topological polar surface area (TPSA) is 119 Å². The number of furan rings is 1. The number of pyridine rings is 1. The maximum Gasteiger partial charge on any atom is 0.333 e. The van der Waals surface area contributed by atoms with Crippen molar-refractivity contribution >= 4 is 11.8 Å². The minimum Gasteiger partial charge on any atom is -0.469 e. The van der Waals surface area contributed by atoms with E-state index in [0.717, 1.165) is 18.4 Å². The zero-order chi connectivity index (χ0) is 32.0. The Bertz CT molecular complexity index is 1320. The zero-order valence-corrected chi connectivity index (χ0v) is 25.7. The second-order valence-corrected chi connectivity index (χ2v) is 11.8. The van der Waals surface area contributed by atoms with Crippen LogP contribution in [0.1, 0.15) is 62.0 Å². The van der Waals surface area contributed by atoms with E-state index >= 15 is 0 Å². The number of alkyl halides is 1. The van der Waals surface area contributed by atoms with Crippen LogP contribution in [0.3, 0.4) is 0 Å². The van der Waals surface area contributed by atoms with Gasteiger partial charge in [-0.15, -0.1) is 0 Å². The summed E-state index contributed by atoms with van der Waals surface area (Å²) < 4.78 is 31.2. The fraction of sp³-hybridized carbons (Fsp3) is 0.472. The molecule has 1 aliphatic carbocycles. The molecule has 3 aromatic rings. The minimum atomic E-state index is -1.10. The first-order chi connectivity index (χ1) is 21.8. The molecule has 5 unspecified atom stereocenters. The molecule has 2 heterocycles. The Morgan fingerprint density at radius 2 is 1.84 bits per heavy atom. The molecule has 45 heavy (non-hydrogen) atoms. The molecule has 9 heteroatoms. The van der Waals surface area contributed by atoms with Crippen LogP contribution in [0.5, 0.6) is 0 Å². The summed E-state index contributed by atoms with van der Waals surface area (Å²) in [5.41, 5.74) is 1.59. The lowest BCUT2D eigenvalue weighted by Crippen LogP contribution is -2.27. The summed E-state index contributed by atoms with van der Waals surface area (Å²) in [6.45, 7) is 1.88. The Kier molecular flexibility index (Phi) is 13.5. The third-order valence-corrected chi connectivity index (χ3v) is 8.35. The molecule has 0 spiro atoms. The largest absolute Gasteiger partial charge is 0.469 e. The van der Waals surface area contributed by atoms with Gasteiger partial charge in [0.2, 0.25) is 0 Å². The number of aliphatic hydroxyl groups is 2. The molecule has 1 saturated carbocycles. The van der Waals surface area contributed by atoms with Gasteiger partial charge in [0.25, 0.3) is 0 Å². The predicted octanol–water partition coefficient (Wildman–Crippen LogP) is 5.78. The van der Waals surface area contributed by atoms with Crippen molar-refractivity contribution < 1.29 is 38.1 Å². The molecule has 0 radical (unpaired) electrons. The number of Topliss-reactive ketones (excluding diaryl/α,β-unsaturated/α-hetero) is 1. The van der Waals surface area contributed by atoms with Crippen LogP contribution in [0.2, 0.25) is 0 Å². The van der Waals surface area contributed by atoms with E-state index in [0.29, 0.717) is 43.6 Å². The Hall–Kier alpha value is -3.66. The summed E-state index contributed by atoms with van der Waals surface area (Å²) in [6, 6.07) is 16.2. The van der Waals surface area contributed by atoms with E-state index in [4.69, 9.17) is 13.9 Å². The van der Waals surface area contributed by atoms with Crippen LogP contribution in [0.4, 0.5) is 4.39 Å². The van der Waals surface area contributed by atoms with Crippen molar-refractivity contribution in [1.29, 1.82) is 0 Å². The van der Waals surface area contributed by atoms with Gasteiger partial charge in [0.05, 0.1) is 18.5 Å². The van der Waals surface area contributed by atoms with Crippen LogP contribution < -0.4 is 0 Å². The summed E-state index contributed by atoms with van der Waals surface area (Å²) in [5, 5.41) is 20.7. The molecule has 2 N–H and O–H groups in total. The molecular weight excluding hydrogens is 577 g/mol. The smallest absolute Gasteiger partial charge is 0.333 e. The maximum absolute atomic E-state index is 14.7. The molecule has 242 valence electrons. The first-order valence-corrected chi connectivity index (χ1v) is 15.8. The summed E-state index contributed by atoms with van der Waals surface area (Å²) in [6.07, 6.45) is 8.28. The van der Waals surface area contributed by atoms with Crippen molar-refractivity contribution in [2.24, 2.45) is 17.8 Å². The monoisotopic (exact) mass is 621 g/mol. The molecule has 0 amide bonds. The van der Waals surface area contributed by atoms with E-state index in [-0.39, 0.29) is 36.6 Å². The van der Waals surface area contributed by atoms with Gasteiger partial charge in [-0.2, -0.15) is 0 Å². The highest BCUT2D eigenvalue weighted by molar-refractivity contribution is 5.88. The van der Waals surface area contributed by atoms with Gasteiger partial charge in [-0.3, -0.25) is 9.78 Å². The Labute approximate surface area is 264 Å². The number of ketones is 1. The lowest BCUT2D eigenvalue weighted by Gasteiger charge is -2.21. The predicted molar refractivity (Wildman–Crippen MR) is 167 cm³/mol. The average molecular weight is 622 g/mol. The van der Waals surface area contributed by atoms with Crippen molar-refractivity contribution in [3.63, 3.8) is 0 Å². The number of carbonyl (C=O) groups is 2. The van der Waals surface area contributed by atoms with Gasteiger partial charge in [-0.1, -0.05) is 62.2 Å². The van der Waals surface area contributed by atoms with E-state index in [1.807, 2.05) is 25.1 Å². The molecule has 0 aliphatic heterocycles. The number of aliphatic hydroxyl groups excluding tert-OH is 2. The molecule has 7 atom stereocenters. The molecule has 4 rings (SSSR count). The van der Waals surface area contributed by atoms with Crippen LogP contribution in [0.25, 0.3) is 0 Å². The van der Waals surface area contributed by atoms with E-state index in [9.17, 15) is 24.2 Å². The minimum absolute atomic E-state index is 0.0914. The lowest BCUT2D eigenvalue weighted by atomic mass is 9.88. The molecule has 1 aliphatic rings. The van der Waals surface area contributed by atoms with Gasteiger partial charge in [-0.05, 0) is 60.6 Å². The van der Waals surface area contributed by atoms with Crippen LogP contribution in [0, 0.1) is 17.8 Å². The van der Waals surface area contributed by atoms with Gasteiger partial charge in [-0.25, -0.2) is 9.18 Å². The van der Waals surface area contributed by atoms with Crippen molar-refractivity contribution in [2.45, 2.75) is 76.4 Å². The lowest BCUT2D eigenvalue weighted by molar-refractivity contribution is -0.161. The molecule has 1 aromatic carbocycles. The SMILES string of the molecule is CC(Cc1ccncc1)C(=O)C(OC(=O)COCCCCC[C@H]1C(F)CC(O)[C@@H]1/C=C/C(O)Cc1ccco1)c1ccccc1. The summed E-state index contributed by atoms with van der Waals surface area (Å²) in [5.74, 6) is -1.20. The second kappa shape index (κ2) is 17.7. The molecule has 8 nitrogen and oxygen atoms in total. The number of esters is 1. The highest BCUT2D eigenvalue weighted by Crippen LogP contribution is 2.39. The number of benzene rings is 1. The fourth-order valence-corrected chi connectivity index (χ4v) is 5.92. The van der Waals surface area contributed by atoms with Crippen molar-refractivity contribution in [3.8, 4) is 0 Å². The number of halogens is 1. The number of aromatic nitrogens is 1. The summed E-state index contributed by atoms with van der Waals surface area (Å²) in [7, 11) is 0. The van der Waals surface area contributed by atoms with Crippen LogP contribution in [-0.2, 0) is 31.9 Å². The quantitative estimate of drug-likeness (QED) is 0.104. The third-order valence-electron chi connectivity index (χ3n) is 8.35. The molecule has 2 aromatic heterocycles. The maximum atomic E-state index is 14.7. The van der Waals surface area contributed by atoms with Gasteiger partial charge in [0, 0.05) is 43.7 Å².